The van der Waals surface area contributed by atoms with Gasteiger partial charge in [0.2, 0.25) is 11.9 Å². The smallest absolute Gasteiger partial charge is 0.280 e. The van der Waals surface area contributed by atoms with Gasteiger partial charge in [-0.25, -0.2) is 19.6 Å². The predicted octanol–water partition coefficient (Wildman–Crippen LogP) is 7.63. The zero-order valence-electron chi connectivity index (χ0n) is 35.8. The molecule has 0 saturated carbocycles. The SMILES string of the molecule is CC(C)N(C(C)C)P(OCCC#N)OC[C@H]1O[C@@H](n2c(N=CN(C)C)nc3c(=O)[nH]c(N=CN(C)C)nc32)C[C@@H]1OC1(c2ccccc2)c2ccccc2Oc2ccccc21. The number of aliphatic imine (C=N–C) groups is 2. The van der Waals surface area contributed by atoms with Crippen molar-refractivity contribution in [2.24, 2.45) is 9.98 Å². The van der Waals surface area contributed by atoms with E-state index in [1.165, 1.54) is 0 Å². The number of H-pyrrole nitrogens is 1. The Balaban J connectivity index is 1.39. The topological polar surface area (TPSA) is 168 Å². The fourth-order valence-corrected chi connectivity index (χ4v) is 9.28. The van der Waals surface area contributed by atoms with E-state index in [0.29, 0.717) is 11.5 Å². The van der Waals surface area contributed by atoms with Crippen LogP contribution in [0.4, 0.5) is 11.9 Å². The highest BCUT2D eigenvalue weighted by atomic mass is 31.2. The highest BCUT2D eigenvalue weighted by Gasteiger charge is 2.51. The van der Waals surface area contributed by atoms with Crippen LogP contribution in [-0.4, -0.2) is 112 Å². The van der Waals surface area contributed by atoms with Crippen molar-refractivity contribution < 1.29 is 23.3 Å². The number of nitriles is 1. The summed E-state index contributed by atoms with van der Waals surface area (Å²) in [7, 11) is 5.71. The van der Waals surface area contributed by atoms with Crippen molar-refractivity contribution in [3.8, 4) is 17.6 Å². The first-order valence-electron chi connectivity index (χ1n) is 20.3. The second-order valence-electron chi connectivity index (χ2n) is 15.8. The predicted molar refractivity (Wildman–Crippen MR) is 236 cm³/mol. The minimum absolute atomic E-state index is 0.0648. The van der Waals surface area contributed by atoms with Crippen molar-refractivity contribution in [1.29, 1.82) is 5.26 Å². The fourth-order valence-electron chi connectivity index (χ4n) is 7.66. The van der Waals surface area contributed by atoms with Crippen LogP contribution in [0, 0.1) is 11.3 Å². The summed E-state index contributed by atoms with van der Waals surface area (Å²) in [5.74, 6) is 1.65. The summed E-state index contributed by atoms with van der Waals surface area (Å²) in [4.78, 5) is 38.4. The molecule has 0 bridgehead atoms. The lowest BCUT2D eigenvalue weighted by Crippen LogP contribution is -2.42. The lowest BCUT2D eigenvalue weighted by atomic mass is 9.77. The highest BCUT2D eigenvalue weighted by Crippen LogP contribution is 2.55. The third-order valence-corrected chi connectivity index (χ3v) is 12.1. The molecular formula is C44H53N10O6P. The summed E-state index contributed by atoms with van der Waals surface area (Å²) in [6.45, 7) is 8.65. The molecule has 1 saturated heterocycles. The van der Waals surface area contributed by atoms with Gasteiger partial charge in [0.1, 0.15) is 23.8 Å². The monoisotopic (exact) mass is 848 g/mol. The van der Waals surface area contributed by atoms with Crippen molar-refractivity contribution in [3.05, 3.63) is 106 Å². The van der Waals surface area contributed by atoms with E-state index in [-0.39, 0.29) is 61.2 Å². The van der Waals surface area contributed by atoms with Gasteiger partial charge in [-0.05, 0) is 45.4 Å². The van der Waals surface area contributed by atoms with Gasteiger partial charge >= 0.3 is 0 Å². The van der Waals surface area contributed by atoms with Crippen molar-refractivity contribution in [1.82, 2.24) is 34.0 Å². The van der Waals surface area contributed by atoms with E-state index in [4.69, 9.17) is 33.2 Å². The third-order valence-electron chi connectivity index (χ3n) is 10.1. The molecule has 2 aliphatic heterocycles. The third kappa shape index (κ3) is 9.23. The van der Waals surface area contributed by atoms with Crippen LogP contribution < -0.4 is 10.3 Å². The minimum atomic E-state index is -1.63. The average molecular weight is 849 g/mol. The number of aromatic amines is 1. The maximum Gasteiger partial charge on any atom is 0.280 e. The number of rotatable bonds is 17. The molecule has 3 aromatic carbocycles. The number of aromatic nitrogens is 4. The Kier molecular flexibility index (Phi) is 13.6. The quantitative estimate of drug-likeness (QED) is 0.0421. The molecular weight excluding hydrogens is 796 g/mol. The Labute approximate surface area is 357 Å². The second kappa shape index (κ2) is 19.0. The first-order chi connectivity index (χ1) is 29.4. The number of hydrogen-bond donors (Lipinski definition) is 1. The van der Waals surface area contributed by atoms with Crippen molar-refractivity contribution >= 4 is 44.3 Å². The number of ether oxygens (including phenoxy) is 3. The number of nitrogens with zero attached hydrogens (tertiary/aromatic N) is 9. The van der Waals surface area contributed by atoms with Crippen molar-refractivity contribution in [2.45, 2.75) is 76.7 Å². The molecule has 1 fully saturated rings. The maximum absolute atomic E-state index is 13.6. The van der Waals surface area contributed by atoms with Crippen LogP contribution >= 0.6 is 8.53 Å². The van der Waals surface area contributed by atoms with E-state index < -0.39 is 38.1 Å². The Bertz CT molecular complexity index is 2390. The molecule has 1 N–H and O–H groups in total. The summed E-state index contributed by atoms with van der Waals surface area (Å²) < 4.78 is 38.3. The molecule has 4 atom stereocenters. The van der Waals surface area contributed by atoms with Crippen LogP contribution in [-0.2, 0) is 24.1 Å². The molecule has 0 spiro atoms. The summed E-state index contributed by atoms with van der Waals surface area (Å²) in [5, 5.41) is 9.38. The fraction of sp³-hybridized carbons (Fsp3) is 0.409. The second-order valence-corrected chi connectivity index (χ2v) is 17.2. The van der Waals surface area contributed by atoms with Gasteiger partial charge in [0.15, 0.2) is 16.8 Å². The van der Waals surface area contributed by atoms with Crippen molar-refractivity contribution in [2.75, 3.05) is 41.4 Å². The molecule has 16 nitrogen and oxygen atoms in total. The van der Waals surface area contributed by atoms with Gasteiger partial charge in [0.05, 0.1) is 44.5 Å². The van der Waals surface area contributed by atoms with E-state index in [9.17, 15) is 10.1 Å². The van der Waals surface area contributed by atoms with Crippen LogP contribution in [0.15, 0.2) is 93.6 Å². The first-order valence-corrected chi connectivity index (χ1v) is 21.4. The molecule has 7 rings (SSSR count). The number of para-hydroxylation sites is 2. The van der Waals surface area contributed by atoms with E-state index >= 15 is 0 Å². The maximum atomic E-state index is 13.6. The zero-order chi connectivity index (χ0) is 43.3. The largest absolute Gasteiger partial charge is 0.457 e. The molecule has 5 aromatic rings. The summed E-state index contributed by atoms with van der Waals surface area (Å²) in [5.41, 5.74) is 1.27. The lowest BCUT2D eigenvalue weighted by molar-refractivity contribution is -0.0989. The van der Waals surface area contributed by atoms with Gasteiger partial charge < -0.3 is 33.1 Å². The number of benzene rings is 3. The molecule has 2 aliphatic rings. The van der Waals surface area contributed by atoms with Gasteiger partial charge in [-0.2, -0.15) is 10.2 Å². The van der Waals surface area contributed by atoms with Crippen LogP contribution in [0.5, 0.6) is 11.5 Å². The normalized spacial score (nSPS) is 18.8. The zero-order valence-corrected chi connectivity index (χ0v) is 36.7. The molecule has 61 heavy (non-hydrogen) atoms. The van der Waals surface area contributed by atoms with Gasteiger partial charge in [0.25, 0.3) is 14.1 Å². The Morgan fingerprint density at radius 3 is 2.16 bits per heavy atom. The van der Waals surface area contributed by atoms with Gasteiger partial charge in [-0.15, -0.1) is 0 Å². The lowest BCUT2D eigenvalue weighted by Gasteiger charge is -2.43. The van der Waals surface area contributed by atoms with Crippen molar-refractivity contribution in [3.63, 3.8) is 0 Å². The standard InChI is InChI=1S/C44H53N10O6P/c1-29(2)54(30(3)4)61(56-24-16-23-45)57-26-37-36(60-44(31-17-10-9-11-18-31)32-19-12-14-21-34(32)58-35-22-15-13-20-33(35)44)25-38(59-37)53-40-39(48-43(53)47-28-52(7)8)41(55)50-42(49-40)46-27-51(5)6/h9-15,17-22,27-30,36-38H,16,24-26H2,1-8H3,(H,49,50,55)/t36-,37+,38+,61?/m0/s1. The number of fused-ring (bicyclic) bond motifs is 3. The molecule has 17 heteroatoms. The van der Waals surface area contributed by atoms with Crippen LogP contribution in [0.2, 0.25) is 0 Å². The average Bonchev–Trinajstić information content (AvgIpc) is 3.81. The van der Waals surface area contributed by atoms with Crippen LogP contribution in [0.1, 0.15) is 63.5 Å². The molecule has 320 valence electrons. The van der Waals surface area contributed by atoms with Crippen LogP contribution in [0.3, 0.4) is 0 Å². The number of imidazole rings is 1. The number of nitrogens with one attached hydrogen (secondary N) is 1. The summed E-state index contributed by atoms with van der Waals surface area (Å²) in [6, 6.07) is 28.3. The summed E-state index contributed by atoms with van der Waals surface area (Å²) >= 11 is 0. The van der Waals surface area contributed by atoms with E-state index in [0.717, 1.165) is 16.7 Å². The van der Waals surface area contributed by atoms with Gasteiger partial charge in [0, 0.05) is 57.8 Å². The Morgan fingerprint density at radius 1 is 0.918 bits per heavy atom. The molecule has 1 unspecified atom stereocenters. The Morgan fingerprint density at radius 2 is 1.54 bits per heavy atom. The van der Waals surface area contributed by atoms with Crippen LogP contribution in [0.25, 0.3) is 11.2 Å². The summed E-state index contributed by atoms with van der Waals surface area (Å²) in [6.07, 6.45) is 1.53. The molecule has 2 aromatic heterocycles. The number of hydrogen-bond acceptors (Lipinski definition) is 12. The first kappa shape index (κ1) is 43.6. The van der Waals surface area contributed by atoms with E-state index in [1.54, 1.807) is 27.0 Å². The Hall–Kier alpha value is -5.53. The van der Waals surface area contributed by atoms with Gasteiger partial charge in [-0.1, -0.05) is 66.7 Å². The van der Waals surface area contributed by atoms with Gasteiger partial charge in [-0.3, -0.25) is 14.3 Å². The molecule has 0 radical (unpaired) electrons. The molecule has 0 aliphatic carbocycles. The highest BCUT2D eigenvalue weighted by molar-refractivity contribution is 7.44. The van der Waals surface area contributed by atoms with E-state index in [2.05, 4.69) is 65.5 Å². The molecule has 4 heterocycles. The molecule has 0 amide bonds. The van der Waals surface area contributed by atoms with E-state index in [1.807, 2.05) is 94.9 Å². The minimum Gasteiger partial charge on any atom is -0.457 e.